The van der Waals surface area contributed by atoms with E-state index in [0.29, 0.717) is 11.1 Å². The topological polar surface area (TPSA) is 125 Å². The smallest absolute Gasteiger partial charge is 0.430 e. The summed E-state index contributed by atoms with van der Waals surface area (Å²) in [5.74, 6) is -2.19. The molecule has 0 unspecified atom stereocenters. The number of nitrogens with zero attached hydrogens (tertiary/aromatic N) is 2. The van der Waals surface area contributed by atoms with Crippen LogP contribution in [-0.2, 0) is 30.5 Å². The quantitative estimate of drug-likeness (QED) is 0.120. The van der Waals surface area contributed by atoms with Gasteiger partial charge in [0, 0.05) is 17.7 Å². The minimum absolute atomic E-state index is 0.0864. The molecular formula is C19H21ClN2O8. The normalized spacial score (nSPS) is 18.7. The van der Waals surface area contributed by atoms with Gasteiger partial charge in [0.25, 0.3) is 11.6 Å². The highest BCUT2D eigenvalue weighted by Gasteiger charge is 2.53. The molecule has 0 saturated carbocycles. The first-order valence-electron chi connectivity index (χ1n) is 8.93. The zero-order valence-electron chi connectivity index (χ0n) is 16.8. The largest absolute Gasteiger partial charge is 0.508 e. The van der Waals surface area contributed by atoms with Crippen molar-refractivity contribution in [1.82, 2.24) is 5.06 Å². The second-order valence-corrected chi connectivity index (χ2v) is 7.30. The monoisotopic (exact) mass is 440 g/mol. The number of ether oxygens (including phenoxy) is 2. The van der Waals surface area contributed by atoms with E-state index in [1.165, 1.54) is 31.2 Å². The summed E-state index contributed by atoms with van der Waals surface area (Å²) in [6.07, 6.45) is -1.96. The summed E-state index contributed by atoms with van der Waals surface area (Å²) in [6.45, 7) is 6.32. The minimum atomic E-state index is -1.03. The van der Waals surface area contributed by atoms with Gasteiger partial charge in [-0.2, -0.15) is 5.06 Å². The van der Waals surface area contributed by atoms with E-state index >= 15 is 0 Å². The maximum atomic E-state index is 12.3. The number of carbonyl (C=O) groups is 3. The van der Waals surface area contributed by atoms with Crippen LogP contribution in [-0.4, -0.2) is 39.6 Å². The van der Waals surface area contributed by atoms with E-state index < -0.39 is 40.5 Å². The van der Waals surface area contributed by atoms with Gasteiger partial charge in [0.1, 0.15) is 18.6 Å². The number of rotatable bonds is 7. The van der Waals surface area contributed by atoms with Crippen molar-refractivity contribution in [2.24, 2.45) is 5.92 Å². The molecule has 1 aromatic rings. The van der Waals surface area contributed by atoms with Gasteiger partial charge in [-0.05, 0) is 45.4 Å². The van der Waals surface area contributed by atoms with Crippen molar-refractivity contribution in [2.75, 3.05) is 0 Å². The van der Waals surface area contributed by atoms with Gasteiger partial charge >= 0.3 is 12.1 Å². The molecule has 0 radical (unpaired) electrons. The van der Waals surface area contributed by atoms with Gasteiger partial charge in [0.2, 0.25) is 0 Å². The summed E-state index contributed by atoms with van der Waals surface area (Å²) in [6, 6.07) is 5.45. The minimum Gasteiger partial charge on any atom is -0.430 e. The Morgan fingerprint density at radius 2 is 1.83 bits per heavy atom. The number of non-ortho nitro benzene ring substituents is 1. The summed E-state index contributed by atoms with van der Waals surface area (Å²) in [7, 11) is 0. The number of allylic oxidation sites excluding steroid dienone is 1. The maximum Gasteiger partial charge on any atom is 0.508 e. The molecule has 10 nitrogen and oxygen atoms in total. The molecule has 1 heterocycles. The van der Waals surface area contributed by atoms with Crippen molar-refractivity contribution in [1.29, 1.82) is 0 Å². The Morgan fingerprint density at radius 3 is 2.33 bits per heavy atom. The molecule has 0 aromatic heterocycles. The molecule has 30 heavy (non-hydrogen) atoms. The number of hydrogen-bond acceptors (Lipinski definition) is 8. The van der Waals surface area contributed by atoms with Crippen LogP contribution in [0.3, 0.4) is 0 Å². The Hall–Kier alpha value is -3.14. The summed E-state index contributed by atoms with van der Waals surface area (Å²) < 4.78 is 10.0. The molecule has 1 saturated heterocycles. The summed E-state index contributed by atoms with van der Waals surface area (Å²) >= 11 is 6.12. The van der Waals surface area contributed by atoms with Crippen LogP contribution in [0.5, 0.6) is 0 Å². The number of hydroxylamine groups is 2. The number of benzene rings is 1. The molecule has 1 aliphatic heterocycles. The van der Waals surface area contributed by atoms with Crippen LogP contribution in [0.15, 0.2) is 35.4 Å². The Labute approximate surface area is 177 Å². The van der Waals surface area contributed by atoms with Gasteiger partial charge in [0.05, 0.1) is 4.92 Å². The van der Waals surface area contributed by atoms with Gasteiger partial charge in [-0.1, -0.05) is 17.2 Å². The van der Waals surface area contributed by atoms with Crippen molar-refractivity contribution < 1.29 is 33.6 Å². The Bertz CT molecular complexity index is 879. The van der Waals surface area contributed by atoms with E-state index in [1.54, 1.807) is 20.8 Å². The van der Waals surface area contributed by atoms with Crippen LogP contribution < -0.4 is 0 Å². The molecule has 0 spiro atoms. The lowest BCUT2D eigenvalue weighted by atomic mass is 9.95. The molecule has 11 heteroatoms. The molecule has 0 aliphatic carbocycles. The fourth-order valence-electron chi connectivity index (χ4n) is 2.45. The number of β-lactam (4-membered cyclic amide) rings is 1. The number of alkyl halides is 1. The van der Waals surface area contributed by atoms with Crippen molar-refractivity contribution in [3.8, 4) is 0 Å². The lowest BCUT2D eigenvalue weighted by Crippen LogP contribution is -2.62. The Morgan fingerprint density at radius 1 is 1.23 bits per heavy atom. The van der Waals surface area contributed by atoms with Crippen LogP contribution >= 0.6 is 11.6 Å². The van der Waals surface area contributed by atoms with Crippen molar-refractivity contribution in [3.05, 3.63) is 51.1 Å². The molecule has 3 atom stereocenters. The average molecular weight is 441 g/mol. The molecule has 2 rings (SSSR count). The molecule has 0 N–H and O–H groups in total. The highest BCUT2D eigenvalue weighted by Crippen LogP contribution is 2.34. The van der Waals surface area contributed by atoms with Crippen LogP contribution in [0.25, 0.3) is 0 Å². The first-order chi connectivity index (χ1) is 14.0. The van der Waals surface area contributed by atoms with Gasteiger partial charge < -0.3 is 14.3 Å². The van der Waals surface area contributed by atoms with Crippen molar-refractivity contribution >= 4 is 35.3 Å². The van der Waals surface area contributed by atoms with Crippen molar-refractivity contribution in [3.63, 3.8) is 0 Å². The highest BCUT2D eigenvalue weighted by atomic mass is 35.5. The van der Waals surface area contributed by atoms with E-state index in [2.05, 4.69) is 0 Å². The second kappa shape index (κ2) is 9.57. The standard InChI is InChI=1S/C19H21ClN2O8/c1-10(2)11(3)18(24)30-21-16(20)15(17(21)23)12(4)29-19(25)28-9-13-5-7-14(8-6-13)22(26)27/h5-8,12,15-16H,9H2,1-4H3/t12-,15+,16+/m0/s1. The van der Waals surface area contributed by atoms with E-state index in [9.17, 15) is 24.5 Å². The third-order valence-electron chi connectivity index (χ3n) is 4.55. The van der Waals surface area contributed by atoms with Gasteiger partial charge in [0.15, 0.2) is 5.50 Å². The molecule has 1 amide bonds. The summed E-state index contributed by atoms with van der Waals surface area (Å²) in [5.41, 5.74) is 0.533. The number of halogens is 1. The van der Waals surface area contributed by atoms with Gasteiger partial charge in [-0.15, -0.1) is 0 Å². The van der Waals surface area contributed by atoms with Crippen LogP contribution in [0.4, 0.5) is 10.5 Å². The lowest BCUT2D eigenvalue weighted by Gasteiger charge is -2.42. The Balaban J connectivity index is 1.84. The van der Waals surface area contributed by atoms with E-state index in [1.807, 2.05) is 0 Å². The molecule has 0 bridgehead atoms. The maximum absolute atomic E-state index is 12.3. The number of amides is 1. The molecule has 162 valence electrons. The van der Waals surface area contributed by atoms with Gasteiger partial charge in [-0.25, -0.2) is 9.59 Å². The predicted octanol–water partition coefficient (Wildman–Crippen LogP) is 3.47. The van der Waals surface area contributed by atoms with Crippen LogP contribution in [0, 0.1) is 16.0 Å². The SMILES string of the molecule is CC(C)=C(C)C(=O)ON1C(=O)[C@H]([C@H](C)OC(=O)OCc2ccc([N+](=O)[O-])cc2)[C@@H]1Cl. The molecule has 1 aliphatic rings. The predicted molar refractivity (Wildman–Crippen MR) is 104 cm³/mol. The number of nitro groups is 1. The number of nitro benzene ring substituents is 1. The Kier molecular flexibility index (Phi) is 7.38. The summed E-state index contributed by atoms with van der Waals surface area (Å²) in [5, 5.41) is 11.4. The fourth-order valence-corrected chi connectivity index (χ4v) is 2.90. The third kappa shape index (κ3) is 5.26. The first kappa shape index (κ1) is 23.1. The lowest BCUT2D eigenvalue weighted by molar-refractivity contribution is -0.384. The zero-order chi connectivity index (χ0) is 22.6. The molecular weight excluding hydrogens is 420 g/mol. The van der Waals surface area contributed by atoms with Crippen LogP contribution in [0.2, 0.25) is 0 Å². The highest BCUT2D eigenvalue weighted by molar-refractivity contribution is 6.25. The van der Waals surface area contributed by atoms with Crippen molar-refractivity contribution in [2.45, 2.75) is 45.9 Å². The zero-order valence-corrected chi connectivity index (χ0v) is 17.5. The number of hydrogen-bond donors (Lipinski definition) is 0. The van der Waals surface area contributed by atoms with Gasteiger partial charge in [-0.3, -0.25) is 14.9 Å². The summed E-state index contributed by atoms with van der Waals surface area (Å²) in [4.78, 5) is 51.1. The van der Waals surface area contributed by atoms with E-state index in [0.717, 1.165) is 10.6 Å². The van der Waals surface area contributed by atoms with Crippen LogP contribution in [0.1, 0.15) is 33.3 Å². The third-order valence-corrected chi connectivity index (χ3v) is 5.00. The van der Waals surface area contributed by atoms with E-state index in [-0.39, 0.29) is 12.3 Å². The molecule has 1 fully saturated rings. The first-order valence-corrected chi connectivity index (χ1v) is 9.36. The fraction of sp³-hybridized carbons (Fsp3) is 0.421. The second-order valence-electron chi connectivity index (χ2n) is 6.85. The molecule has 1 aromatic carbocycles. The number of carbonyl (C=O) groups excluding carboxylic acids is 3. The average Bonchev–Trinajstić information content (AvgIpc) is 2.69. The van der Waals surface area contributed by atoms with E-state index in [4.69, 9.17) is 25.9 Å².